The quantitative estimate of drug-likeness (QED) is 0.325. The number of hydrogen-bond acceptors (Lipinski definition) is 0. The molecule has 0 aliphatic rings. The molecule has 0 saturated carbocycles. The molecule has 0 aromatic heterocycles. The van der Waals surface area contributed by atoms with Gasteiger partial charge in [0.1, 0.15) is 0 Å². The van der Waals surface area contributed by atoms with Crippen molar-refractivity contribution >= 4 is 23.5 Å². The maximum absolute atomic E-state index is 13.5. The van der Waals surface area contributed by atoms with Gasteiger partial charge in [-0.1, -0.05) is 6.82 Å². The van der Waals surface area contributed by atoms with Gasteiger partial charge in [-0.15, -0.1) is 0 Å². The van der Waals surface area contributed by atoms with Crippen LogP contribution >= 0.6 is 0 Å². The Hall–Kier alpha value is -1.73. The third kappa shape index (κ3) is 1.69. The Morgan fingerprint density at radius 2 is 0.895 bits per heavy atom. The maximum atomic E-state index is 13.5. The number of rotatable bonds is 1. The highest BCUT2D eigenvalue weighted by Gasteiger charge is 2.29. The van der Waals surface area contributed by atoms with Crippen LogP contribution in [0.2, 0.25) is 6.82 Å². The SMILES string of the molecule is C[B]c1c(F)c(F)c(F)c2c(F)c(F)c(F)c(F)c12. The topological polar surface area (TPSA) is 0 Å². The first kappa shape index (κ1) is 13.7. The van der Waals surface area contributed by atoms with E-state index in [1.165, 1.54) is 0 Å². The molecule has 0 heterocycles. The summed E-state index contributed by atoms with van der Waals surface area (Å²) in [7, 11) is 0.792. The highest BCUT2D eigenvalue weighted by molar-refractivity contribution is 6.56. The summed E-state index contributed by atoms with van der Waals surface area (Å²) in [6, 6.07) is 0. The lowest BCUT2D eigenvalue weighted by molar-refractivity contribution is 0.411. The summed E-state index contributed by atoms with van der Waals surface area (Å²) >= 11 is 0. The van der Waals surface area contributed by atoms with Gasteiger partial charge >= 0.3 is 0 Å². The largest absolute Gasteiger partial charge is 0.204 e. The molecule has 0 atom stereocenters. The van der Waals surface area contributed by atoms with Gasteiger partial charge in [0.2, 0.25) is 0 Å². The first-order valence-electron chi connectivity index (χ1n) is 4.94. The van der Waals surface area contributed by atoms with Crippen LogP contribution in [0.15, 0.2) is 0 Å². The summed E-state index contributed by atoms with van der Waals surface area (Å²) in [6.45, 7) is 1.12. The Morgan fingerprint density at radius 1 is 0.526 bits per heavy atom. The van der Waals surface area contributed by atoms with E-state index in [1.54, 1.807) is 0 Å². The molecule has 0 aliphatic carbocycles. The lowest BCUT2D eigenvalue weighted by Crippen LogP contribution is -2.23. The summed E-state index contributed by atoms with van der Waals surface area (Å²) in [5.74, 6) is -14.6. The number of fused-ring (bicyclic) bond motifs is 1. The third-order valence-corrected chi connectivity index (χ3v) is 2.67. The van der Waals surface area contributed by atoms with Crippen LogP contribution in [0.4, 0.5) is 30.7 Å². The molecule has 0 nitrogen and oxygen atoms in total. The van der Waals surface area contributed by atoms with Crippen molar-refractivity contribution in [3.05, 3.63) is 40.7 Å². The summed E-state index contributed by atoms with van der Waals surface area (Å²) < 4.78 is 92.9. The van der Waals surface area contributed by atoms with Crippen molar-refractivity contribution in [3.8, 4) is 0 Å². The highest BCUT2D eigenvalue weighted by Crippen LogP contribution is 2.30. The molecule has 0 aliphatic heterocycles. The van der Waals surface area contributed by atoms with Crippen molar-refractivity contribution in [2.75, 3.05) is 0 Å². The van der Waals surface area contributed by atoms with Gasteiger partial charge in [-0.05, 0) is 5.46 Å². The van der Waals surface area contributed by atoms with Gasteiger partial charge in [-0.2, -0.15) is 0 Å². The van der Waals surface area contributed by atoms with Gasteiger partial charge < -0.3 is 0 Å². The summed E-state index contributed by atoms with van der Waals surface area (Å²) in [5, 5.41) is -2.65. The molecule has 0 unspecified atom stereocenters. The summed E-state index contributed by atoms with van der Waals surface area (Å²) in [6.07, 6.45) is 0. The van der Waals surface area contributed by atoms with Crippen LogP contribution < -0.4 is 5.46 Å². The first-order chi connectivity index (χ1) is 8.82. The Bertz CT molecular complexity index is 688. The van der Waals surface area contributed by atoms with Crippen molar-refractivity contribution < 1.29 is 30.7 Å². The lowest BCUT2D eigenvalue weighted by atomic mass is 9.70. The van der Waals surface area contributed by atoms with E-state index in [9.17, 15) is 30.7 Å². The monoisotopic (exact) mass is 279 g/mol. The van der Waals surface area contributed by atoms with E-state index in [0.29, 0.717) is 0 Å². The fourth-order valence-electron chi connectivity index (χ4n) is 1.80. The van der Waals surface area contributed by atoms with Crippen LogP contribution in [0.3, 0.4) is 0 Å². The Morgan fingerprint density at radius 3 is 1.32 bits per heavy atom. The second-order valence-corrected chi connectivity index (χ2v) is 3.65. The zero-order valence-electron chi connectivity index (χ0n) is 9.22. The molecule has 0 saturated heterocycles. The standard InChI is InChI=1S/C11H3BF7/c1-12-4-2-3(6(14)9(17)8(4)16)7(15)11(19)10(18)5(2)13/h1H3. The van der Waals surface area contributed by atoms with Crippen LogP contribution in [0.5, 0.6) is 0 Å². The van der Waals surface area contributed by atoms with Crippen molar-refractivity contribution in [3.63, 3.8) is 0 Å². The molecule has 2 aromatic carbocycles. The molecule has 0 fully saturated rings. The lowest BCUT2D eigenvalue weighted by Gasteiger charge is -2.11. The molecule has 19 heavy (non-hydrogen) atoms. The predicted molar refractivity (Wildman–Crippen MR) is 54.9 cm³/mol. The molecule has 2 aromatic rings. The van der Waals surface area contributed by atoms with Crippen LogP contribution in [0, 0.1) is 40.7 Å². The number of halogens is 7. The van der Waals surface area contributed by atoms with Crippen LogP contribution in [-0.2, 0) is 0 Å². The Kier molecular flexibility index (Phi) is 3.20. The number of hydrogen-bond donors (Lipinski definition) is 0. The van der Waals surface area contributed by atoms with Crippen molar-refractivity contribution in [2.24, 2.45) is 0 Å². The maximum Gasteiger partial charge on any atom is 0.198 e. The minimum Gasteiger partial charge on any atom is -0.204 e. The van der Waals surface area contributed by atoms with Crippen molar-refractivity contribution in [2.45, 2.75) is 6.82 Å². The van der Waals surface area contributed by atoms with E-state index in [0.717, 1.165) is 14.1 Å². The molecule has 99 valence electrons. The Balaban J connectivity index is 3.21. The van der Waals surface area contributed by atoms with Crippen molar-refractivity contribution in [1.82, 2.24) is 0 Å². The van der Waals surface area contributed by atoms with Crippen LogP contribution in [0.25, 0.3) is 10.8 Å². The molecule has 0 spiro atoms. The fourth-order valence-corrected chi connectivity index (χ4v) is 1.80. The van der Waals surface area contributed by atoms with Crippen LogP contribution in [0.1, 0.15) is 0 Å². The van der Waals surface area contributed by atoms with E-state index >= 15 is 0 Å². The molecule has 0 bridgehead atoms. The molecule has 1 radical (unpaired) electrons. The second kappa shape index (κ2) is 4.43. The fraction of sp³-hybridized carbons (Fsp3) is 0.0909. The van der Waals surface area contributed by atoms with Gasteiger partial charge in [0.15, 0.2) is 48.0 Å². The molecule has 8 heteroatoms. The smallest absolute Gasteiger partial charge is 0.198 e. The van der Waals surface area contributed by atoms with Crippen LogP contribution in [-0.4, -0.2) is 7.28 Å². The van der Waals surface area contributed by atoms with E-state index in [1.807, 2.05) is 0 Å². The van der Waals surface area contributed by atoms with Gasteiger partial charge in [-0.25, -0.2) is 30.7 Å². The molecular weight excluding hydrogens is 276 g/mol. The highest BCUT2D eigenvalue weighted by atomic mass is 19.2. The van der Waals surface area contributed by atoms with Gasteiger partial charge in [-0.3, -0.25) is 0 Å². The first-order valence-corrected chi connectivity index (χ1v) is 4.94. The minimum absolute atomic E-state index is 0.792. The van der Waals surface area contributed by atoms with Crippen molar-refractivity contribution in [1.29, 1.82) is 0 Å². The zero-order chi connectivity index (χ0) is 14.5. The number of benzene rings is 2. The molecule has 0 N–H and O–H groups in total. The average Bonchev–Trinajstić information content (AvgIpc) is 2.40. The zero-order valence-corrected chi connectivity index (χ0v) is 9.22. The van der Waals surface area contributed by atoms with E-state index in [2.05, 4.69) is 0 Å². The molecule has 0 amide bonds. The van der Waals surface area contributed by atoms with Gasteiger partial charge in [0, 0.05) is 5.39 Å². The van der Waals surface area contributed by atoms with E-state index < -0.39 is 57.0 Å². The van der Waals surface area contributed by atoms with E-state index in [-0.39, 0.29) is 0 Å². The summed E-state index contributed by atoms with van der Waals surface area (Å²) in [5.41, 5.74) is -0.885. The van der Waals surface area contributed by atoms with E-state index in [4.69, 9.17) is 0 Å². The molecule has 2 rings (SSSR count). The Labute approximate surface area is 103 Å². The second-order valence-electron chi connectivity index (χ2n) is 3.65. The average molecular weight is 279 g/mol. The predicted octanol–water partition coefficient (Wildman–Crippen LogP) is 3.19. The third-order valence-electron chi connectivity index (χ3n) is 2.67. The molecular formula is C11H3BF7. The van der Waals surface area contributed by atoms with Gasteiger partial charge in [0.05, 0.1) is 5.39 Å². The minimum atomic E-state index is -2.29. The van der Waals surface area contributed by atoms with Gasteiger partial charge in [0.25, 0.3) is 0 Å². The normalized spacial score (nSPS) is 11.2. The summed E-state index contributed by atoms with van der Waals surface area (Å²) in [4.78, 5) is 0.